The molecule has 0 fully saturated rings. The zero-order valence-electron chi connectivity index (χ0n) is 11.2. The van der Waals surface area contributed by atoms with Gasteiger partial charge in [-0.3, -0.25) is 4.79 Å². The van der Waals surface area contributed by atoms with Crippen molar-refractivity contribution in [3.05, 3.63) is 16.8 Å². The maximum Gasteiger partial charge on any atom is 0.325 e. The lowest BCUT2D eigenvalue weighted by Gasteiger charge is -2.11. The Morgan fingerprint density at radius 3 is 2.74 bits per heavy atom. The van der Waals surface area contributed by atoms with Crippen LogP contribution < -0.4 is 5.32 Å². The number of fused-ring (bicyclic) bond motifs is 1. The number of carboxylic acid groups (broad SMARTS) is 1. The van der Waals surface area contributed by atoms with Gasteiger partial charge in [0, 0.05) is 11.3 Å². The Morgan fingerprint density at radius 1 is 1.42 bits per heavy atom. The van der Waals surface area contributed by atoms with Gasteiger partial charge in [-0.25, -0.2) is 9.97 Å². The quantitative estimate of drug-likeness (QED) is 0.880. The highest BCUT2D eigenvalue weighted by Gasteiger charge is 2.16. The van der Waals surface area contributed by atoms with Crippen molar-refractivity contribution in [3.63, 3.8) is 0 Å². The summed E-state index contributed by atoms with van der Waals surface area (Å²) in [7, 11) is 0. The van der Waals surface area contributed by atoms with Gasteiger partial charge < -0.3 is 10.4 Å². The number of nitrogens with one attached hydrogen (secondary N) is 1. The molecule has 2 N–H and O–H groups in total. The fourth-order valence-electron chi connectivity index (χ4n) is 1.72. The van der Waals surface area contributed by atoms with Crippen LogP contribution in [-0.2, 0) is 17.6 Å². The molecule has 0 saturated carbocycles. The number of rotatable bonds is 5. The van der Waals surface area contributed by atoms with Gasteiger partial charge in [0.25, 0.3) is 0 Å². The van der Waals surface area contributed by atoms with Gasteiger partial charge in [-0.2, -0.15) is 0 Å². The largest absolute Gasteiger partial charge is 0.480 e. The van der Waals surface area contributed by atoms with Crippen LogP contribution in [0.5, 0.6) is 0 Å². The van der Waals surface area contributed by atoms with Crippen LogP contribution >= 0.6 is 11.3 Å². The molecule has 0 aliphatic carbocycles. The third-order valence-corrected chi connectivity index (χ3v) is 4.05. The van der Waals surface area contributed by atoms with Crippen molar-refractivity contribution in [1.82, 2.24) is 9.97 Å². The molecule has 1 atom stereocenters. The molecule has 0 bridgehead atoms. The molecule has 6 heteroatoms. The standard InChI is InChI=1S/C13H17N3O2S/c1-4-8-6-9-11(14-7(3)13(17)18)15-10(5-2)16-12(9)19-8/h6-7H,4-5H2,1-3H3,(H,17,18)(H,14,15,16). The number of anilines is 1. The van der Waals surface area contributed by atoms with Crippen molar-refractivity contribution < 1.29 is 9.90 Å². The van der Waals surface area contributed by atoms with Crippen molar-refractivity contribution >= 4 is 33.3 Å². The first-order chi connectivity index (χ1) is 9.05. The highest BCUT2D eigenvalue weighted by atomic mass is 32.1. The second-order valence-corrected chi connectivity index (χ2v) is 5.45. The molecule has 2 heterocycles. The second-order valence-electron chi connectivity index (χ2n) is 4.33. The zero-order chi connectivity index (χ0) is 14.0. The molecule has 2 rings (SSSR count). The zero-order valence-corrected chi connectivity index (χ0v) is 12.0. The van der Waals surface area contributed by atoms with Crippen LogP contribution in [0.25, 0.3) is 10.2 Å². The van der Waals surface area contributed by atoms with E-state index in [0.717, 1.165) is 28.9 Å². The van der Waals surface area contributed by atoms with E-state index in [9.17, 15) is 4.79 Å². The molecule has 5 nitrogen and oxygen atoms in total. The summed E-state index contributed by atoms with van der Waals surface area (Å²) >= 11 is 1.64. The number of thiophene rings is 1. The van der Waals surface area contributed by atoms with Gasteiger partial charge in [0.15, 0.2) is 0 Å². The normalized spacial score (nSPS) is 12.6. The second kappa shape index (κ2) is 5.52. The summed E-state index contributed by atoms with van der Waals surface area (Å²) in [5.41, 5.74) is 0. The van der Waals surface area contributed by atoms with Crippen molar-refractivity contribution in [2.75, 3.05) is 5.32 Å². The Morgan fingerprint density at radius 2 is 2.16 bits per heavy atom. The maximum absolute atomic E-state index is 11.0. The predicted molar refractivity (Wildman–Crippen MR) is 76.9 cm³/mol. The van der Waals surface area contributed by atoms with Crippen molar-refractivity contribution in [1.29, 1.82) is 0 Å². The number of hydrogen-bond donors (Lipinski definition) is 2. The average Bonchev–Trinajstić information content (AvgIpc) is 2.81. The molecule has 102 valence electrons. The first-order valence-electron chi connectivity index (χ1n) is 6.33. The van der Waals surface area contributed by atoms with Gasteiger partial charge in [-0.1, -0.05) is 13.8 Å². The van der Waals surface area contributed by atoms with Gasteiger partial charge in [-0.05, 0) is 19.4 Å². The molecule has 0 aliphatic heterocycles. The van der Waals surface area contributed by atoms with Crippen LogP contribution in [0.15, 0.2) is 6.07 Å². The van der Waals surface area contributed by atoms with Gasteiger partial charge in [-0.15, -0.1) is 11.3 Å². The average molecular weight is 279 g/mol. The minimum absolute atomic E-state index is 0.618. The Hall–Kier alpha value is -1.69. The highest BCUT2D eigenvalue weighted by molar-refractivity contribution is 7.18. The van der Waals surface area contributed by atoms with E-state index in [-0.39, 0.29) is 0 Å². The van der Waals surface area contributed by atoms with E-state index >= 15 is 0 Å². The molecule has 0 aromatic carbocycles. The Kier molecular flexibility index (Phi) is 3.99. The number of aliphatic carboxylic acids is 1. The van der Waals surface area contributed by atoms with Crippen LogP contribution in [0, 0.1) is 0 Å². The third-order valence-electron chi connectivity index (χ3n) is 2.88. The minimum Gasteiger partial charge on any atom is -0.480 e. The van der Waals surface area contributed by atoms with Gasteiger partial charge >= 0.3 is 5.97 Å². The van der Waals surface area contributed by atoms with Gasteiger partial charge in [0.05, 0.1) is 5.39 Å². The molecule has 2 aromatic rings. The van der Waals surface area contributed by atoms with Crippen LogP contribution in [0.2, 0.25) is 0 Å². The molecule has 0 saturated heterocycles. The Balaban J connectivity index is 2.49. The number of hydrogen-bond acceptors (Lipinski definition) is 5. The number of nitrogens with zero attached hydrogens (tertiary/aromatic N) is 2. The fourth-order valence-corrected chi connectivity index (χ4v) is 2.71. The molecule has 0 amide bonds. The highest BCUT2D eigenvalue weighted by Crippen LogP contribution is 2.29. The predicted octanol–water partition coefficient (Wildman–Crippen LogP) is 2.70. The molecule has 0 radical (unpaired) electrons. The van der Waals surface area contributed by atoms with Crippen LogP contribution in [0.1, 0.15) is 31.5 Å². The van der Waals surface area contributed by atoms with E-state index in [0.29, 0.717) is 5.82 Å². The van der Waals surface area contributed by atoms with E-state index in [2.05, 4.69) is 22.2 Å². The number of carbonyl (C=O) groups is 1. The summed E-state index contributed by atoms with van der Waals surface area (Å²) in [6.45, 7) is 5.68. The first-order valence-corrected chi connectivity index (χ1v) is 7.15. The lowest BCUT2D eigenvalue weighted by molar-refractivity contribution is -0.137. The van der Waals surface area contributed by atoms with Gasteiger partial charge in [0.1, 0.15) is 22.5 Å². The lowest BCUT2D eigenvalue weighted by atomic mass is 10.2. The fraction of sp³-hybridized carbons (Fsp3) is 0.462. The van der Waals surface area contributed by atoms with E-state index in [1.165, 1.54) is 4.88 Å². The topological polar surface area (TPSA) is 75.1 Å². The van der Waals surface area contributed by atoms with Crippen LogP contribution in [-0.4, -0.2) is 27.1 Å². The Bertz CT molecular complexity index is 609. The molecular weight excluding hydrogens is 262 g/mol. The maximum atomic E-state index is 11.0. The molecule has 0 spiro atoms. The van der Waals surface area contributed by atoms with Gasteiger partial charge in [0.2, 0.25) is 0 Å². The summed E-state index contributed by atoms with van der Waals surface area (Å²) in [5, 5.41) is 12.9. The summed E-state index contributed by atoms with van der Waals surface area (Å²) in [6.07, 6.45) is 1.67. The summed E-state index contributed by atoms with van der Waals surface area (Å²) in [4.78, 5) is 22.0. The van der Waals surface area contributed by atoms with E-state index < -0.39 is 12.0 Å². The lowest BCUT2D eigenvalue weighted by Crippen LogP contribution is -2.26. The molecular formula is C13H17N3O2S. The summed E-state index contributed by atoms with van der Waals surface area (Å²) in [6, 6.07) is 1.36. The third kappa shape index (κ3) is 2.84. The van der Waals surface area contributed by atoms with Crippen molar-refractivity contribution in [3.8, 4) is 0 Å². The Labute approximate surface area is 115 Å². The SMILES string of the molecule is CCc1nc(NC(C)C(=O)O)c2cc(CC)sc2n1. The van der Waals surface area contributed by atoms with E-state index in [1.807, 2.05) is 13.0 Å². The van der Waals surface area contributed by atoms with Crippen molar-refractivity contribution in [2.45, 2.75) is 39.7 Å². The number of aromatic nitrogens is 2. The smallest absolute Gasteiger partial charge is 0.325 e. The van der Waals surface area contributed by atoms with E-state index in [1.54, 1.807) is 18.3 Å². The first kappa shape index (κ1) is 13.7. The summed E-state index contributed by atoms with van der Waals surface area (Å²) < 4.78 is 0. The molecule has 2 aromatic heterocycles. The molecule has 19 heavy (non-hydrogen) atoms. The molecule has 1 unspecified atom stereocenters. The van der Waals surface area contributed by atoms with Crippen LogP contribution in [0.3, 0.4) is 0 Å². The number of aryl methyl sites for hydroxylation is 2. The minimum atomic E-state index is -0.893. The molecule has 0 aliphatic rings. The summed E-state index contributed by atoms with van der Waals surface area (Å²) in [5.74, 6) is 0.459. The monoisotopic (exact) mass is 279 g/mol. The van der Waals surface area contributed by atoms with E-state index in [4.69, 9.17) is 5.11 Å². The van der Waals surface area contributed by atoms with Crippen molar-refractivity contribution in [2.24, 2.45) is 0 Å². The number of carboxylic acids is 1. The van der Waals surface area contributed by atoms with Crippen LogP contribution in [0.4, 0.5) is 5.82 Å².